The van der Waals surface area contributed by atoms with Gasteiger partial charge in [0.1, 0.15) is 6.61 Å². The van der Waals surface area contributed by atoms with E-state index in [1.165, 1.54) is 17.7 Å². The van der Waals surface area contributed by atoms with Crippen molar-refractivity contribution in [1.82, 2.24) is 0 Å². The van der Waals surface area contributed by atoms with Crippen LogP contribution in [0.25, 0.3) is 0 Å². The quantitative estimate of drug-likeness (QED) is 0.270. The molecule has 4 heteroatoms. The van der Waals surface area contributed by atoms with Gasteiger partial charge in [-0.15, -0.1) is 12.3 Å². The highest BCUT2D eigenvalue weighted by Gasteiger charge is 2.32. The van der Waals surface area contributed by atoms with E-state index in [1.807, 2.05) is 25.0 Å². The first-order valence-electron chi connectivity index (χ1n) is 8.06. The van der Waals surface area contributed by atoms with Gasteiger partial charge in [-0.3, -0.25) is 0 Å². The first kappa shape index (κ1) is 22.1. The van der Waals surface area contributed by atoms with Crippen molar-refractivity contribution in [3.63, 3.8) is 0 Å². The van der Waals surface area contributed by atoms with Crippen LogP contribution >= 0.6 is 0 Å². The predicted octanol–water partition coefficient (Wildman–Crippen LogP) is 6.36. The summed E-state index contributed by atoms with van der Waals surface area (Å²) in [6.07, 6.45) is 9.91. The van der Waals surface area contributed by atoms with Crippen molar-refractivity contribution in [2.24, 2.45) is 5.92 Å². The fraction of sp³-hybridized carbons (Fsp3) is 0.500. The molecule has 1 nitrogen and oxygen atoms in total. The lowest BCUT2D eigenvalue weighted by Crippen LogP contribution is -2.11. The predicted molar refractivity (Wildman–Crippen MR) is 94.3 cm³/mol. The molecule has 0 saturated carbocycles. The highest BCUT2D eigenvalue weighted by atomic mass is 19.4. The second-order valence-corrected chi connectivity index (χ2v) is 5.86. The monoisotopic (exact) mass is 340 g/mol. The van der Waals surface area contributed by atoms with Crippen molar-refractivity contribution in [3.8, 4) is 12.3 Å². The Kier molecular flexibility index (Phi) is 10.7. The minimum atomic E-state index is -4.40. The van der Waals surface area contributed by atoms with Gasteiger partial charge >= 0.3 is 6.18 Å². The van der Waals surface area contributed by atoms with Crippen LogP contribution in [0.2, 0.25) is 0 Å². The lowest BCUT2D eigenvalue weighted by atomic mass is 10.0. The van der Waals surface area contributed by atoms with Gasteiger partial charge in [0.25, 0.3) is 0 Å². The van der Waals surface area contributed by atoms with Crippen LogP contribution in [0.1, 0.15) is 47.0 Å². The molecule has 0 fully saturated rings. The molecule has 24 heavy (non-hydrogen) atoms. The summed E-state index contributed by atoms with van der Waals surface area (Å²) in [5.41, 5.74) is 0.605. The molecule has 0 bridgehead atoms. The van der Waals surface area contributed by atoms with Crippen LogP contribution < -0.4 is 0 Å². The van der Waals surface area contributed by atoms with Gasteiger partial charge in [0.05, 0.1) is 5.76 Å². The van der Waals surface area contributed by atoms with Crippen LogP contribution in [0.15, 0.2) is 47.3 Å². The summed E-state index contributed by atoms with van der Waals surface area (Å²) in [6, 6.07) is 0. The Morgan fingerprint density at radius 3 is 2.38 bits per heavy atom. The Bertz CT molecular complexity index is 526. The van der Waals surface area contributed by atoms with Gasteiger partial charge in [-0.05, 0) is 37.8 Å². The number of rotatable bonds is 9. The maximum Gasteiger partial charge on any atom is 0.413 e. The SMILES string of the molecule is C#CC/C(=C\C=C/CO/C(C)=C/C=C(\CC)CC(C)C)C(F)(F)F. The van der Waals surface area contributed by atoms with E-state index in [0.717, 1.165) is 24.7 Å². The third-order valence-corrected chi connectivity index (χ3v) is 3.18. The summed E-state index contributed by atoms with van der Waals surface area (Å²) in [4.78, 5) is 0. The summed E-state index contributed by atoms with van der Waals surface area (Å²) in [5.74, 6) is 3.33. The maximum absolute atomic E-state index is 12.6. The van der Waals surface area contributed by atoms with E-state index < -0.39 is 18.2 Å². The number of alkyl halides is 3. The Morgan fingerprint density at radius 2 is 1.88 bits per heavy atom. The molecule has 0 aromatic heterocycles. The molecule has 0 aromatic rings. The molecule has 0 rings (SSSR count). The zero-order valence-electron chi connectivity index (χ0n) is 14.9. The summed E-state index contributed by atoms with van der Waals surface area (Å²) >= 11 is 0. The highest BCUT2D eigenvalue weighted by molar-refractivity contribution is 5.21. The third kappa shape index (κ3) is 10.8. The molecule has 0 saturated heterocycles. The first-order chi connectivity index (χ1) is 11.2. The fourth-order valence-electron chi connectivity index (χ4n) is 1.92. The lowest BCUT2D eigenvalue weighted by Gasteiger charge is -2.08. The summed E-state index contributed by atoms with van der Waals surface area (Å²) in [5, 5.41) is 0. The van der Waals surface area contributed by atoms with E-state index in [0.29, 0.717) is 5.92 Å². The van der Waals surface area contributed by atoms with E-state index in [9.17, 15) is 13.2 Å². The van der Waals surface area contributed by atoms with E-state index in [2.05, 4.69) is 20.8 Å². The van der Waals surface area contributed by atoms with Gasteiger partial charge in [-0.25, -0.2) is 0 Å². The van der Waals surface area contributed by atoms with Gasteiger partial charge in [-0.2, -0.15) is 13.2 Å². The van der Waals surface area contributed by atoms with E-state index in [1.54, 1.807) is 0 Å². The molecule has 0 spiro atoms. The Morgan fingerprint density at radius 1 is 1.21 bits per heavy atom. The van der Waals surface area contributed by atoms with Gasteiger partial charge in [-0.1, -0.05) is 44.6 Å². The molecule has 0 aliphatic carbocycles. The van der Waals surface area contributed by atoms with Crippen molar-refractivity contribution in [1.29, 1.82) is 0 Å². The molecule has 134 valence electrons. The molecule has 0 heterocycles. The number of halogens is 3. The van der Waals surface area contributed by atoms with Crippen molar-refractivity contribution in [3.05, 3.63) is 47.3 Å². The van der Waals surface area contributed by atoms with Gasteiger partial charge in [0.15, 0.2) is 0 Å². The van der Waals surface area contributed by atoms with Crippen LogP contribution in [-0.4, -0.2) is 12.8 Å². The average Bonchev–Trinajstić information content (AvgIpc) is 2.48. The Balaban J connectivity index is 4.56. The molecule has 0 aromatic carbocycles. The molecule has 0 radical (unpaired) electrons. The van der Waals surface area contributed by atoms with Crippen molar-refractivity contribution in [2.45, 2.75) is 53.1 Å². The number of allylic oxidation sites excluding steroid dienone is 7. The third-order valence-electron chi connectivity index (χ3n) is 3.18. The molecular formula is C20H27F3O. The second-order valence-electron chi connectivity index (χ2n) is 5.86. The van der Waals surface area contributed by atoms with Gasteiger partial charge in [0, 0.05) is 12.0 Å². The smallest absolute Gasteiger partial charge is 0.413 e. The Hall–Kier alpha value is -1.89. The second kappa shape index (κ2) is 11.6. The van der Waals surface area contributed by atoms with E-state index >= 15 is 0 Å². The standard InChI is InChI=1S/C20H27F3O/c1-6-10-19(20(21,22)23)11-8-9-14-24-17(5)12-13-18(7-2)15-16(3)4/h1,8-9,11-13,16H,7,10,14-15H2,2-5H3/b9-8-,17-12+,18-13+,19-11+. The van der Waals surface area contributed by atoms with Crippen LogP contribution in [-0.2, 0) is 4.74 Å². The van der Waals surface area contributed by atoms with Crippen LogP contribution in [0.3, 0.4) is 0 Å². The maximum atomic E-state index is 12.6. The molecule has 0 atom stereocenters. The average molecular weight is 340 g/mol. The molecule has 0 N–H and O–H groups in total. The summed E-state index contributed by atoms with van der Waals surface area (Å²) in [7, 11) is 0. The van der Waals surface area contributed by atoms with Gasteiger partial charge in [0.2, 0.25) is 0 Å². The van der Waals surface area contributed by atoms with Crippen LogP contribution in [0.4, 0.5) is 13.2 Å². The normalized spacial score (nSPS) is 14.4. The molecule has 0 unspecified atom stereocenters. The van der Waals surface area contributed by atoms with Crippen molar-refractivity contribution >= 4 is 0 Å². The Labute approximate surface area is 144 Å². The topological polar surface area (TPSA) is 9.23 Å². The van der Waals surface area contributed by atoms with E-state index in [-0.39, 0.29) is 6.61 Å². The number of hydrogen-bond acceptors (Lipinski definition) is 1. The minimum Gasteiger partial charge on any atom is -0.494 e. The van der Waals surface area contributed by atoms with Crippen LogP contribution in [0, 0.1) is 18.3 Å². The zero-order valence-corrected chi connectivity index (χ0v) is 14.9. The van der Waals surface area contributed by atoms with E-state index in [4.69, 9.17) is 11.2 Å². The number of ether oxygens (including phenoxy) is 1. The largest absolute Gasteiger partial charge is 0.494 e. The van der Waals surface area contributed by atoms with Crippen molar-refractivity contribution < 1.29 is 17.9 Å². The summed E-state index contributed by atoms with van der Waals surface area (Å²) < 4.78 is 43.2. The highest BCUT2D eigenvalue weighted by Crippen LogP contribution is 2.27. The zero-order chi connectivity index (χ0) is 18.6. The summed E-state index contributed by atoms with van der Waals surface area (Å²) in [6.45, 7) is 8.48. The van der Waals surface area contributed by atoms with Gasteiger partial charge < -0.3 is 4.74 Å². The molecule has 0 aliphatic rings. The minimum absolute atomic E-state index is 0.208. The number of hydrogen-bond donors (Lipinski definition) is 0. The fourth-order valence-corrected chi connectivity index (χ4v) is 1.92. The van der Waals surface area contributed by atoms with Crippen molar-refractivity contribution in [2.75, 3.05) is 6.61 Å². The van der Waals surface area contributed by atoms with Crippen LogP contribution in [0.5, 0.6) is 0 Å². The lowest BCUT2D eigenvalue weighted by molar-refractivity contribution is -0.0926. The first-order valence-corrected chi connectivity index (χ1v) is 8.06. The molecule has 0 aliphatic heterocycles. The number of terminal acetylenes is 1. The molecular weight excluding hydrogens is 313 g/mol. The molecule has 0 amide bonds.